The van der Waals surface area contributed by atoms with Gasteiger partial charge in [0.2, 0.25) is 15.9 Å². The Labute approximate surface area is 187 Å². The van der Waals surface area contributed by atoms with Crippen molar-refractivity contribution >= 4 is 27.9 Å². The van der Waals surface area contributed by atoms with Crippen molar-refractivity contribution in [3.63, 3.8) is 0 Å². The maximum Gasteiger partial charge on any atom is 0.328 e. The van der Waals surface area contributed by atoms with Crippen molar-refractivity contribution in [3.05, 3.63) is 30.3 Å². The summed E-state index contributed by atoms with van der Waals surface area (Å²) in [7, 11) is -2.66. The van der Waals surface area contributed by atoms with Crippen LogP contribution in [0.2, 0.25) is 0 Å². The van der Waals surface area contributed by atoms with Crippen molar-refractivity contribution in [1.82, 2.24) is 19.4 Å². The van der Waals surface area contributed by atoms with Gasteiger partial charge in [0, 0.05) is 32.7 Å². The fourth-order valence-corrected chi connectivity index (χ4v) is 5.11. The predicted molar refractivity (Wildman–Crippen MR) is 113 cm³/mol. The minimum atomic E-state index is -3.86. The van der Waals surface area contributed by atoms with E-state index in [1.54, 1.807) is 23.1 Å². The van der Waals surface area contributed by atoms with Crippen LogP contribution in [0, 0.1) is 0 Å². The fourth-order valence-electron chi connectivity index (χ4n) is 3.65. The molecule has 12 heteroatoms. The van der Waals surface area contributed by atoms with Gasteiger partial charge in [0.05, 0.1) is 25.2 Å². The maximum atomic E-state index is 13.1. The summed E-state index contributed by atoms with van der Waals surface area (Å²) in [5, 5.41) is 2.53. The van der Waals surface area contributed by atoms with Gasteiger partial charge in [-0.15, -0.1) is 0 Å². The normalized spacial score (nSPS) is 21.0. The zero-order valence-electron chi connectivity index (χ0n) is 18.1. The van der Waals surface area contributed by atoms with Gasteiger partial charge in [-0.05, 0) is 19.1 Å². The van der Waals surface area contributed by atoms with Crippen molar-refractivity contribution in [2.75, 3.05) is 53.0 Å². The summed E-state index contributed by atoms with van der Waals surface area (Å²) < 4.78 is 37.3. The molecule has 0 radical (unpaired) electrons. The molecule has 2 fully saturated rings. The van der Waals surface area contributed by atoms with E-state index < -0.39 is 34.0 Å². The monoisotopic (exact) mass is 468 g/mol. The number of ether oxygens (including phenoxy) is 2. The summed E-state index contributed by atoms with van der Waals surface area (Å²) in [5.74, 6) is -1.27. The summed E-state index contributed by atoms with van der Waals surface area (Å²) >= 11 is 0. The Bertz CT molecular complexity index is 935. The predicted octanol–water partition coefficient (Wildman–Crippen LogP) is -0.509. The second kappa shape index (κ2) is 10.3. The first-order chi connectivity index (χ1) is 15.3. The molecule has 1 N–H and O–H groups in total. The van der Waals surface area contributed by atoms with Gasteiger partial charge < -0.3 is 24.6 Å². The Morgan fingerprint density at radius 2 is 1.75 bits per heavy atom. The van der Waals surface area contributed by atoms with E-state index in [-0.39, 0.29) is 30.6 Å². The van der Waals surface area contributed by atoms with E-state index in [1.807, 2.05) is 0 Å². The maximum absolute atomic E-state index is 13.1. The number of carbonyl (C=O) groups is 3. The first-order valence-corrected chi connectivity index (χ1v) is 11.8. The van der Waals surface area contributed by atoms with Gasteiger partial charge in [0.25, 0.3) is 0 Å². The number of morpholine rings is 1. The third-order valence-electron chi connectivity index (χ3n) is 5.47. The average Bonchev–Trinajstić information content (AvgIpc) is 2.83. The Hall–Kier alpha value is -2.70. The zero-order chi connectivity index (χ0) is 23.3. The number of carbonyl (C=O) groups excluding carboxylic acids is 3. The lowest BCUT2D eigenvalue weighted by Gasteiger charge is -2.42. The highest BCUT2D eigenvalue weighted by Gasteiger charge is 2.42. The molecule has 1 aromatic rings. The third-order valence-corrected chi connectivity index (χ3v) is 7.35. The van der Waals surface area contributed by atoms with Crippen LogP contribution < -0.4 is 5.32 Å². The topological polar surface area (TPSA) is 126 Å². The Kier molecular flexibility index (Phi) is 7.69. The molecule has 0 saturated carbocycles. The number of methoxy groups -OCH3 is 1. The highest BCUT2D eigenvalue weighted by Crippen LogP contribution is 2.21. The largest absolute Gasteiger partial charge is 0.467 e. The highest BCUT2D eigenvalue weighted by atomic mass is 32.2. The van der Waals surface area contributed by atoms with Gasteiger partial charge in [-0.2, -0.15) is 4.31 Å². The van der Waals surface area contributed by atoms with Gasteiger partial charge in [0.1, 0.15) is 12.1 Å². The minimum absolute atomic E-state index is 0.0347. The smallest absolute Gasteiger partial charge is 0.328 e. The summed E-state index contributed by atoms with van der Waals surface area (Å²) in [6.07, 6.45) is 0. The molecule has 11 nitrogen and oxygen atoms in total. The molecule has 3 amide bonds. The Morgan fingerprint density at radius 3 is 2.38 bits per heavy atom. The quantitative estimate of drug-likeness (QED) is 0.577. The van der Waals surface area contributed by atoms with Crippen molar-refractivity contribution in [2.24, 2.45) is 0 Å². The molecular formula is C20H28N4O7S. The van der Waals surface area contributed by atoms with Crippen LogP contribution in [0.3, 0.4) is 0 Å². The molecule has 0 aromatic heterocycles. The number of nitrogens with one attached hydrogen (secondary N) is 1. The van der Waals surface area contributed by atoms with Crippen LogP contribution in [0.15, 0.2) is 35.2 Å². The SMILES string of the molecule is COC(=O)C(C)NC(=O)C1CN(S(=O)(=O)c2ccccc2)CCN1C(=O)N1CCOCC1. The van der Waals surface area contributed by atoms with Crippen LogP contribution in [0.4, 0.5) is 4.79 Å². The molecule has 0 spiro atoms. The second-order valence-electron chi connectivity index (χ2n) is 7.52. The number of urea groups is 1. The molecule has 2 saturated heterocycles. The van der Waals surface area contributed by atoms with Gasteiger partial charge in [-0.3, -0.25) is 4.79 Å². The van der Waals surface area contributed by atoms with Gasteiger partial charge in [0.15, 0.2) is 0 Å². The standard InChI is InChI=1S/C20H28N4O7S/c1-15(19(26)30-2)21-18(25)17-14-23(32(28,29)16-6-4-3-5-7-16)8-9-24(17)20(27)22-10-12-31-13-11-22/h3-7,15,17H,8-14H2,1-2H3,(H,21,25). The summed E-state index contributed by atoms with van der Waals surface area (Å²) in [6.45, 7) is 2.86. The number of nitrogens with zero attached hydrogens (tertiary/aromatic N) is 3. The molecule has 2 heterocycles. The van der Waals surface area contributed by atoms with Gasteiger partial charge in [-0.1, -0.05) is 18.2 Å². The lowest BCUT2D eigenvalue weighted by molar-refractivity contribution is -0.145. The Balaban J connectivity index is 1.84. The van der Waals surface area contributed by atoms with Crippen LogP contribution in [0.5, 0.6) is 0 Å². The molecule has 32 heavy (non-hydrogen) atoms. The summed E-state index contributed by atoms with van der Waals surface area (Å²) in [4.78, 5) is 41.0. The van der Waals surface area contributed by atoms with E-state index in [1.165, 1.54) is 35.4 Å². The molecule has 176 valence electrons. The average molecular weight is 469 g/mol. The van der Waals surface area contributed by atoms with E-state index in [4.69, 9.17) is 4.74 Å². The number of amides is 3. The number of sulfonamides is 1. The van der Waals surface area contributed by atoms with Crippen molar-refractivity contribution in [3.8, 4) is 0 Å². The van der Waals surface area contributed by atoms with E-state index >= 15 is 0 Å². The number of benzene rings is 1. The van der Waals surface area contributed by atoms with Crippen LogP contribution >= 0.6 is 0 Å². The molecule has 2 atom stereocenters. The number of hydrogen-bond acceptors (Lipinski definition) is 7. The summed E-state index contributed by atoms with van der Waals surface area (Å²) in [6, 6.07) is 5.49. The van der Waals surface area contributed by atoms with E-state index in [0.717, 1.165) is 0 Å². The summed E-state index contributed by atoms with van der Waals surface area (Å²) in [5.41, 5.74) is 0. The van der Waals surface area contributed by atoms with Crippen molar-refractivity contribution in [1.29, 1.82) is 0 Å². The van der Waals surface area contributed by atoms with Crippen molar-refractivity contribution < 1.29 is 32.3 Å². The van der Waals surface area contributed by atoms with Crippen LogP contribution in [-0.4, -0.2) is 106 Å². The number of piperazine rings is 1. The van der Waals surface area contributed by atoms with Crippen molar-refractivity contribution in [2.45, 2.75) is 23.9 Å². The lowest BCUT2D eigenvalue weighted by atomic mass is 10.1. The van der Waals surface area contributed by atoms with Gasteiger partial charge >= 0.3 is 12.0 Å². The van der Waals surface area contributed by atoms with Crippen LogP contribution in [0.1, 0.15) is 6.92 Å². The number of esters is 1. The van der Waals surface area contributed by atoms with E-state index in [0.29, 0.717) is 26.3 Å². The van der Waals surface area contributed by atoms with Crippen LogP contribution in [0.25, 0.3) is 0 Å². The molecule has 2 unspecified atom stereocenters. The van der Waals surface area contributed by atoms with E-state index in [2.05, 4.69) is 10.1 Å². The molecule has 0 bridgehead atoms. The Morgan fingerprint density at radius 1 is 1.09 bits per heavy atom. The number of rotatable bonds is 5. The first-order valence-electron chi connectivity index (χ1n) is 10.3. The van der Waals surface area contributed by atoms with Crippen LogP contribution in [-0.2, 0) is 29.1 Å². The first kappa shape index (κ1) is 24.0. The van der Waals surface area contributed by atoms with E-state index in [9.17, 15) is 22.8 Å². The zero-order valence-corrected chi connectivity index (χ0v) is 18.9. The minimum Gasteiger partial charge on any atom is -0.467 e. The molecule has 2 aliphatic rings. The van der Waals surface area contributed by atoms with Gasteiger partial charge in [-0.25, -0.2) is 18.0 Å². The molecular weight excluding hydrogens is 440 g/mol. The highest BCUT2D eigenvalue weighted by molar-refractivity contribution is 7.89. The molecule has 0 aliphatic carbocycles. The second-order valence-corrected chi connectivity index (χ2v) is 9.46. The molecule has 3 rings (SSSR count). The fraction of sp³-hybridized carbons (Fsp3) is 0.550. The molecule has 2 aliphatic heterocycles. The number of hydrogen-bond donors (Lipinski definition) is 1. The lowest BCUT2D eigenvalue weighted by Crippen LogP contribution is -2.65. The third kappa shape index (κ3) is 5.19. The molecule has 1 aromatic carbocycles.